The van der Waals surface area contributed by atoms with Gasteiger partial charge in [0.25, 0.3) is 0 Å². The zero-order chi connectivity index (χ0) is 4.57. The van der Waals surface area contributed by atoms with Gasteiger partial charge in [-0.3, -0.25) is 11.2 Å². The van der Waals surface area contributed by atoms with Crippen molar-refractivity contribution in [2.75, 3.05) is 0 Å². The molecule has 1 aliphatic heterocycles. The fourth-order valence-corrected chi connectivity index (χ4v) is 0.304. The quantitative estimate of drug-likeness (QED) is 0.164. The first kappa shape index (κ1) is 4.01. The maximum absolute atomic E-state index is 5.22. The van der Waals surface area contributed by atoms with Gasteiger partial charge in [-0.1, -0.05) is 0 Å². The maximum atomic E-state index is 5.22. The van der Waals surface area contributed by atoms with E-state index in [0.29, 0.717) is 0 Å². The van der Waals surface area contributed by atoms with E-state index in [2.05, 4.69) is 10.7 Å². The Morgan fingerprint density at radius 1 is 1.67 bits per heavy atom. The molecule has 0 radical (unpaired) electrons. The molecule has 0 bridgehead atoms. The topological polar surface area (TPSA) is 86.0 Å². The normalized spacial score (nSPS) is 43.0. The van der Waals surface area contributed by atoms with Gasteiger partial charge in [0.2, 0.25) is 0 Å². The maximum Gasteiger partial charge on any atom is 0.100 e. The summed E-state index contributed by atoms with van der Waals surface area (Å²) >= 11 is 0. The molecule has 0 spiro atoms. The molecule has 1 fully saturated rings. The lowest BCUT2D eigenvalue weighted by molar-refractivity contribution is 0.703. The second kappa shape index (κ2) is 1.16. The summed E-state index contributed by atoms with van der Waals surface area (Å²) in [6, 6.07) is 0. The van der Waals surface area contributed by atoms with Crippen LogP contribution in [0.15, 0.2) is 0 Å². The summed E-state index contributed by atoms with van der Waals surface area (Å²) in [4.78, 5) is 0. The van der Waals surface area contributed by atoms with Crippen LogP contribution >= 0.6 is 0 Å². The Bertz CT molecular complexity index is 51.5. The van der Waals surface area contributed by atoms with Crippen LogP contribution in [0.1, 0.15) is 0 Å². The van der Waals surface area contributed by atoms with Gasteiger partial charge < -0.3 is 5.73 Å². The van der Waals surface area contributed by atoms with E-state index in [1.54, 1.807) is 0 Å². The monoisotopic (exact) mass is 88.1 g/mol. The highest BCUT2D eigenvalue weighted by molar-refractivity contribution is 4.88. The second-order valence-corrected chi connectivity index (χ2v) is 1.34. The van der Waals surface area contributed by atoms with Crippen LogP contribution in [-0.4, -0.2) is 12.3 Å². The lowest BCUT2D eigenvalue weighted by Crippen LogP contribution is -2.29. The molecule has 1 heterocycles. The first-order valence-corrected chi connectivity index (χ1v) is 1.82. The highest BCUT2D eigenvalue weighted by Crippen LogP contribution is 1.94. The van der Waals surface area contributed by atoms with Gasteiger partial charge >= 0.3 is 0 Å². The van der Waals surface area contributed by atoms with E-state index in [4.69, 9.17) is 11.6 Å². The van der Waals surface area contributed by atoms with Crippen molar-refractivity contribution < 1.29 is 0 Å². The number of rotatable bonds is 1. The fraction of sp³-hybridized carbons (Fsp3) is 1.00. The van der Waals surface area contributed by atoms with Crippen molar-refractivity contribution in [1.82, 2.24) is 10.7 Å². The lowest BCUT2D eigenvalue weighted by atomic mass is 10.7. The number of nitrogens with one attached hydrogen (secondary N) is 2. The summed E-state index contributed by atoms with van der Waals surface area (Å²) in [5.74, 6) is 4.93. The number of hydrazine groups is 1. The summed E-state index contributed by atoms with van der Waals surface area (Å²) in [7, 11) is 0. The molecule has 4 heteroatoms. The van der Waals surface area contributed by atoms with Crippen molar-refractivity contribution in [3.05, 3.63) is 0 Å². The zero-order valence-electron chi connectivity index (χ0n) is 3.31. The molecule has 0 aromatic heterocycles. The number of hydrogen-bond acceptors (Lipinski definition) is 4. The van der Waals surface area contributed by atoms with Crippen molar-refractivity contribution in [3.63, 3.8) is 0 Å². The van der Waals surface area contributed by atoms with E-state index in [9.17, 15) is 0 Å². The van der Waals surface area contributed by atoms with Crippen molar-refractivity contribution in [2.24, 2.45) is 11.6 Å². The molecular formula is C2H8N4. The van der Waals surface area contributed by atoms with Gasteiger partial charge in [0, 0.05) is 0 Å². The Hall–Kier alpha value is -0.160. The van der Waals surface area contributed by atoms with Crippen LogP contribution in [0.2, 0.25) is 0 Å². The first-order chi connectivity index (χ1) is 2.84. The molecule has 1 aliphatic rings. The lowest BCUT2D eigenvalue weighted by Gasteiger charge is -1.82. The molecule has 0 saturated carbocycles. The van der Waals surface area contributed by atoms with Gasteiger partial charge in [-0.15, -0.1) is 0 Å². The van der Waals surface area contributed by atoms with Crippen molar-refractivity contribution in [3.8, 4) is 0 Å². The standard InChI is InChI=1S/C2H8N4/c3-1-2(5-1)6-4/h1-2,5-6H,3-4H2. The van der Waals surface area contributed by atoms with Crippen LogP contribution in [0.5, 0.6) is 0 Å². The Morgan fingerprint density at radius 2 is 2.17 bits per heavy atom. The van der Waals surface area contributed by atoms with Gasteiger partial charge in [0.15, 0.2) is 0 Å². The minimum absolute atomic E-state index is 0.0787. The average Bonchev–Trinajstić information content (AvgIpc) is 2.19. The fourth-order valence-electron chi connectivity index (χ4n) is 0.304. The van der Waals surface area contributed by atoms with Crippen LogP contribution in [0.4, 0.5) is 0 Å². The van der Waals surface area contributed by atoms with Crippen molar-refractivity contribution in [1.29, 1.82) is 0 Å². The van der Waals surface area contributed by atoms with Crippen LogP contribution in [0.3, 0.4) is 0 Å². The van der Waals surface area contributed by atoms with Gasteiger partial charge in [0.05, 0.1) is 6.17 Å². The van der Waals surface area contributed by atoms with Gasteiger partial charge in [-0.05, 0) is 0 Å². The summed E-state index contributed by atoms with van der Waals surface area (Å²) < 4.78 is 0. The molecule has 6 N–H and O–H groups in total. The Labute approximate surface area is 35.8 Å². The zero-order valence-corrected chi connectivity index (χ0v) is 3.31. The predicted octanol–water partition coefficient (Wildman–Crippen LogP) is -2.34. The molecule has 0 aliphatic carbocycles. The van der Waals surface area contributed by atoms with Gasteiger partial charge in [-0.2, -0.15) is 0 Å². The summed E-state index contributed by atoms with van der Waals surface area (Å²) in [5, 5.41) is 2.82. The second-order valence-electron chi connectivity index (χ2n) is 1.34. The van der Waals surface area contributed by atoms with Crippen LogP contribution in [-0.2, 0) is 0 Å². The van der Waals surface area contributed by atoms with Crippen LogP contribution in [0.25, 0.3) is 0 Å². The predicted molar refractivity (Wildman–Crippen MR) is 22.2 cm³/mol. The Morgan fingerprint density at radius 3 is 2.17 bits per heavy atom. The van der Waals surface area contributed by atoms with E-state index in [-0.39, 0.29) is 12.3 Å². The third-order valence-corrected chi connectivity index (χ3v) is 0.802. The molecule has 0 aromatic carbocycles. The molecule has 6 heavy (non-hydrogen) atoms. The molecule has 36 valence electrons. The largest absolute Gasteiger partial charge is 0.313 e. The van der Waals surface area contributed by atoms with E-state index < -0.39 is 0 Å². The smallest absolute Gasteiger partial charge is 0.100 e. The van der Waals surface area contributed by atoms with Crippen molar-refractivity contribution >= 4 is 0 Å². The van der Waals surface area contributed by atoms with E-state index in [1.165, 1.54) is 0 Å². The molecule has 1 rings (SSSR count). The Kier molecular flexibility index (Phi) is 0.776. The third-order valence-electron chi connectivity index (χ3n) is 0.802. The van der Waals surface area contributed by atoms with Gasteiger partial charge in [0.1, 0.15) is 6.17 Å². The average molecular weight is 88.1 g/mol. The van der Waals surface area contributed by atoms with E-state index in [0.717, 1.165) is 0 Å². The van der Waals surface area contributed by atoms with E-state index >= 15 is 0 Å². The first-order valence-electron chi connectivity index (χ1n) is 1.82. The minimum atomic E-state index is 0.0787. The van der Waals surface area contributed by atoms with Crippen molar-refractivity contribution in [2.45, 2.75) is 12.3 Å². The molecule has 0 amide bonds. The summed E-state index contributed by atoms with van der Waals surface area (Å²) in [5.41, 5.74) is 7.68. The number of nitrogens with two attached hydrogens (primary N) is 2. The molecule has 2 unspecified atom stereocenters. The highest BCUT2D eigenvalue weighted by atomic mass is 15.5. The van der Waals surface area contributed by atoms with E-state index in [1.807, 2.05) is 0 Å². The molecule has 2 atom stereocenters. The van der Waals surface area contributed by atoms with Crippen LogP contribution < -0.4 is 22.3 Å². The number of hydrogen-bond donors (Lipinski definition) is 4. The van der Waals surface area contributed by atoms with Crippen LogP contribution in [0, 0.1) is 0 Å². The molecule has 0 aromatic rings. The molecule has 1 saturated heterocycles. The van der Waals surface area contributed by atoms with Gasteiger partial charge in [-0.25, -0.2) is 5.43 Å². The highest BCUT2D eigenvalue weighted by Gasteiger charge is 2.30. The minimum Gasteiger partial charge on any atom is -0.313 e. The summed E-state index contributed by atoms with van der Waals surface area (Å²) in [6.07, 6.45) is 0.236. The summed E-state index contributed by atoms with van der Waals surface area (Å²) in [6.45, 7) is 0. The SMILES string of the molecule is NNC1NC1N. The third kappa shape index (κ3) is 0.504. The molecule has 4 nitrogen and oxygen atoms in total. The molecular weight excluding hydrogens is 80.0 g/mol. The Balaban J connectivity index is 2.09.